The third kappa shape index (κ3) is 3.58. The highest BCUT2D eigenvalue weighted by atomic mass is 14.9. The van der Waals surface area contributed by atoms with Gasteiger partial charge in [0.1, 0.15) is 0 Å². The molecule has 100 valence electrons. The molecule has 2 rings (SSSR count). The first-order valence-electron chi connectivity index (χ1n) is 7.49. The molecule has 0 heterocycles. The minimum absolute atomic E-state index is 0.590. The van der Waals surface area contributed by atoms with Crippen molar-refractivity contribution >= 4 is 0 Å². The van der Waals surface area contributed by atoms with E-state index in [4.69, 9.17) is 0 Å². The van der Waals surface area contributed by atoms with E-state index in [1.54, 1.807) is 0 Å². The van der Waals surface area contributed by atoms with Gasteiger partial charge >= 0.3 is 0 Å². The molecule has 1 saturated carbocycles. The Bertz CT molecular complexity index is 372. The van der Waals surface area contributed by atoms with E-state index in [-0.39, 0.29) is 0 Å². The molecule has 0 aromatic heterocycles. The maximum Gasteiger partial charge on any atom is 0.00818 e. The molecule has 1 nitrogen and oxygen atoms in total. The van der Waals surface area contributed by atoms with E-state index in [1.807, 2.05) is 0 Å². The molecule has 1 aliphatic carbocycles. The highest BCUT2D eigenvalue weighted by Gasteiger charge is 2.24. The van der Waals surface area contributed by atoms with Gasteiger partial charge in [-0.15, -0.1) is 0 Å². The molecule has 18 heavy (non-hydrogen) atoms. The second-order valence-electron chi connectivity index (χ2n) is 5.98. The maximum absolute atomic E-state index is 3.82. The van der Waals surface area contributed by atoms with E-state index in [2.05, 4.69) is 50.4 Å². The van der Waals surface area contributed by atoms with Crippen LogP contribution >= 0.6 is 0 Å². The molecule has 1 aromatic carbocycles. The average molecular weight is 245 g/mol. The summed E-state index contributed by atoms with van der Waals surface area (Å²) >= 11 is 0. The van der Waals surface area contributed by atoms with Gasteiger partial charge in [0.15, 0.2) is 0 Å². The van der Waals surface area contributed by atoms with Gasteiger partial charge in [-0.05, 0) is 56.6 Å². The fourth-order valence-corrected chi connectivity index (χ4v) is 3.23. The highest BCUT2D eigenvalue weighted by Crippen LogP contribution is 2.28. The second kappa shape index (κ2) is 6.38. The predicted octanol–water partition coefficient (Wildman–Crippen LogP) is 4.09. The molecule has 1 aromatic rings. The Balaban J connectivity index is 1.82. The number of hydrogen-bond donors (Lipinski definition) is 1. The normalized spacial score (nSPS) is 25.3. The largest absolute Gasteiger partial charge is 0.311 e. The third-order valence-electron chi connectivity index (χ3n) is 4.43. The van der Waals surface area contributed by atoms with Crippen molar-refractivity contribution in [1.29, 1.82) is 0 Å². The summed E-state index contributed by atoms with van der Waals surface area (Å²) < 4.78 is 0. The summed E-state index contributed by atoms with van der Waals surface area (Å²) in [7, 11) is 0. The highest BCUT2D eigenvalue weighted by molar-refractivity contribution is 5.26. The monoisotopic (exact) mass is 245 g/mol. The Hall–Kier alpha value is -0.820. The van der Waals surface area contributed by atoms with Crippen LogP contribution in [0.3, 0.4) is 0 Å². The second-order valence-corrected chi connectivity index (χ2v) is 5.98. The smallest absolute Gasteiger partial charge is 0.00818 e. The van der Waals surface area contributed by atoms with Gasteiger partial charge in [-0.3, -0.25) is 0 Å². The molecule has 3 unspecified atom stereocenters. The van der Waals surface area contributed by atoms with Crippen LogP contribution in [-0.2, 0) is 6.42 Å². The van der Waals surface area contributed by atoms with Crippen LogP contribution in [0.4, 0.5) is 0 Å². The van der Waals surface area contributed by atoms with Gasteiger partial charge in [0.2, 0.25) is 0 Å². The first-order valence-corrected chi connectivity index (χ1v) is 7.49. The maximum atomic E-state index is 3.82. The molecule has 3 atom stereocenters. The van der Waals surface area contributed by atoms with E-state index in [0.29, 0.717) is 6.04 Å². The molecule has 0 bridgehead atoms. The lowest BCUT2D eigenvalue weighted by molar-refractivity contribution is 0.428. The Kier molecular flexibility index (Phi) is 4.82. The van der Waals surface area contributed by atoms with E-state index in [9.17, 15) is 0 Å². The zero-order valence-electron chi connectivity index (χ0n) is 12.1. The van der Waals surface area contributed by atoms with Gasteiger partial charge in [-0.25, -0.2) is 0 Å². The van der Waals surface area contributed by atoms with Crippen molar-refractivity contribution in [2.24, 2.45) is 5.92 Å². The molecule has 0 amide bonds. The molecule has 0 spiro atoms. The molecule has 1 heteroatoms. The fourth-order valence-electron chi connectivity index (χ4n) is 3.23. The van der Waals surface area contributed by atoms with Crippen LogP contribution in [0.2, 0.25) is 0 Å². The molecule has 1 aliphatic rings. The van der Waals surface area contributed by atoms with Gasteiger partial charge < -0.3 is 5.32 Å². The number of benzene rings is 1. The Morgan fingerprint density at radius 2 is 2.06 bits per heavy atom. The zero-order valence-corrected chi connectivity index (χ0v) is 12.1. The molecular weight excluding hydrogens is 218 g/mol. The lowest BCUT2D eigenvalue weighted by Crippen LogP contribution is -2.36. The zero-order chi connectivity index (χ0) is 13.0. The molecule has 1 N–H and O–H groups in total. The first kappa shape index (κ1) is 13.6. The van der Waals surface area contributed by atoms with E-state index in [0.717, 1.165) is 18.4 Å². The molecule has 0 aliphatic heterocycles. The number of nitrogens with one attached hydrogen (secondary N) is 1. The van der Waals surface area contributed by atoms with Gasteiger partial charge in [-0.2, -0.15) is 0 Å². The van der Waals surface area contributed by atoms with Crippen molar-refractivity contribution in [2.45, 2.75) is 65.0 Å². The number of aryl methyl sites for hydroxylation is 1. The summed E-state index contributed by atoms with van der Waals surface area (Å²) in [5, 5.41) is 3.82. The Labute approximate surface area is 112 Å². The summed E-state index contributed by atoms with van der Waals surface area (Å²) in [6.07, 6.45) is 6.68. The SMILES string of the molecule is CCC1CCC(NC(C)Cc2ccccc2C)C1. The van der Waals surface area contributed by atoms with E-state index < -0.39 is 0 Å². The van der Waals surface area contributed by atoms with Crippen molar-refractivity contribution in [2.75, 3.05) is 0 Å². The quantitative estimate of drug-likeness (QED) is 0.823. The van der Waals surface area contributed by atoms with Crippen LogP contribution < -0.4 is 5.32 Å². The van der Waals surface area contributed by atoms with Crippen LogP contribution in [0.1, 0.15) is 50.7 Å². The van der Waals surface area contributed by atoms with Crippen molar-refractivity contribution in [1.82, 2.24) is 5.32 Å². The molecular formula is C17H27N. The van der Waals surface area contributed by atoms with Gasteiger partial charge in [-0.1, -0.05) is 37.6 Å². The average Bonchev–Trinajstić information content (AvgIpc) is 2.80. The van der Waals surface area contributed by atoms with E-state index in [1.165, 1.54) is 36.8 Å². The van der Waals surface area contributed by atoms with Gasteiger partial charge in [0.25, 0.3) is 0 Å². The Morgan fingerprint density at radius 1 is 1.28 bits per heavy atom. The molecule has 0 saturated heterocycles. The van der Waals surface area contributed by atoms with Crippen molar-refractivity contribution < 1.29 is 0 Å². The lowest BCUT2D eigenvalue weighted by Gasteiger charge is -2.20. The summed E-state index contributed by atoms with van der Waals surface area (Å²) in [6, 6.07) is 10.1. The van der Waals surface area contributed by atoms with Crippen LogP contribution in [0.5, 0.6) is 0 Å². The van der Waals surface area contributed by atoms with Gasteiger partial charge in [0.05, 0.1) is 0 Å². The van der Waals surface area contributed by atoms with E-state index >= 15 is 0 Å². The summed E-state index contributed by atoms with van der Waals surface area (Å²) in [4.78, 5) is 0. The third-order valence-corrected chi connectivity index (χ3v) is 4.43. The van der Waals surface area contributed by atoms with Crippen LogP contribution in [0.15, 0.2) is 24.3 Å². The molecule has 0 radical (unpaired) electrons. The van der Waals surface area contributed by atoms with Crippen molar-refractivity contribution in [3.8, 4) is 0 Å². The first-order chi connectivity index (χ1) is 8.69. The number of hydrogen-bond acceptors (Lipinski definition) is 1. The predicted molar refractivity (Wildman–Crippen MR) is 78.9 cm³/mol. The number of rotatable bonds is 5. The van der Waals surface area contributed by atoms with Crippen LogP contribution in [-0.4, -0.2) is 12.1 Å². The fraction of sp³-hybridized carbons (Fsp3) is 0.647. The summed E-state index contributed by atoms with van der Waals surface area (Å²) in [6.45, 7) is 6.86. The lowest BCUT2D eigenvalue weighted by atomic mass is 10.0. The minimum Gasteiger partial charge on any atom is -0.311 e. The van der Waals surface area contributed by atoms with Crippen LogP contribution in [0.25, 0.3) is 0 Å². The van der Waals surface area contributed by atoms with Crippen LogP contribution in [0, 0.1) is 12.8 Å². The van der Waals surface area contributed by atoms with Crippen molar-refractivity contribution in [3.05, 3.63) is 35.4 Å². The minimum atomic E-state index is 0.590. The topological polar surface area (TPSA) is 12.0 Å². The standard InChI is InChI=1S/C17H27N/c1-4-15-9-10-17(12-15)18-14(3)11-16-8-6-5-7-13(16)2/h5-8,14-15,17-18H,4,9-12H2,1-3H3. The Morgan fingerprint density at radius 3 is 2.72 bits per heavy atom. The van der Waals surface area contributed by atoms with Gasteiger partial charge in [0, 0.05) is 12.1 Å². The molecule has 1 fully saturated rings. The summed E-state index contributed by atoms with van der Waals surface area (Å²) in [5.41, 5.74) is 2.91. The van der Waals surface area contributed by atoms with Crippen molar-refractivity contribution in [3.63, 3.8) is 0 Å². The summed E-state index contributed by atoms with van der Waals surface area (Å²) in [5.74, 6) is 0.966.